The number of benzene rings is 3. The van der Waals surface area contributed by atoms with Crippen molar-refractivity contribution in [3.63, 3.8) is 0 Å². The Balaban J connectivity index is 1.41. The number of aromatic amines is 1. The Hall–Kier alpha value is -4.19. The molecule has 3 aromatic carbocycles. The number of rotatable bonds is 7. The van der Waals surface area contributed by atoms with Crippen LogP contribution in [0.1, 0.15) is 29.4 Å². The Labute approximate surface area is 197 Å². The first kappa shape index (κ1) is 21.6. The van der Waals surface area contributed by atoms with Crippen molar-refractivity contribution in [1.82, 2.24) is 19.9 Å². The SMILES string of the molecule is Cn1ccnc1C(NC(=O)CCc1c(-c2ccc(F)cc2)[nH]c2ccccc12)c1ccccc1. The highest BCUT2D eigenvalue weighted by Crippen LogP contribution is 2.31. The first-order valence-corrected chi connectivity index (χ1v) is 11.3. The molecule has 170 valence electrons. The van der Waals surface area contributed by atoms with E-state index in [1.54, 1.807) is 18.3 Å². The third kappa shape index (κ3) is 4.35. The predicted molar refractivity (Wildman–Crippen MR) is 132 cm³/mol. The highest BCUT2D eigenvalue weighted by atomic mass is 19.1. The third-order valence-corrected chi connectivity index (χ3v) is 6.10. The van der Waals surface area contributed by atoms with Gasteiger partial charge >= 0.3 is 0 Å². The first-order chi connectivity index (χ1) is 16.6. The highest BCUT2D eigenvalue weighted by Gasteiger charge is 2.21. The maximum atomic E-state index is 13.5. The van der Waals surface area contributed by atoms with Gasteiger partial charge < -0.3 is 14.9 Å². The van der Waals surface area contributed by atoms with Crippen molar-refractivity contribution >= 4 is 16.8 Å². The predicted octanol–water partition coefficient (Wildman–Crippen LogP) is 5.55. The van der Waals surface area contributed by atoms with Crippen molar-refractivity contribution in [2.24, 2.45) is 7.05 Å². The van der Waals surface area contributed by atoms with E-state index >= 15 is 0 Å². The summed E-state index contributed by atoms with van der Waals surface area (Å²) in [6.07, 6.45) is 4.46. The normalized spacial score (nSPS) is 12.1. The second kappa shape index (κ2) is 9.35. The molecule has 1 atom stereocenters. The van der Waals surface area contributed by atoms with Crippen LogP contribution in [0.2, 0.25) is 0 Å². The molecule has 0 saturated carbocycles. The van der Waals surface area contributed by atoms with E-state index in [4.69, 9.17) is 0 Å². The largest absolute Gasteiger partial charge is 0.354 e. The molecule has 0 aliphatic carbocycles. The quantitative estimate of drug-likeness (QED) is 0.340. The summed E-state index contributed by atoms with van der Waals surface area (Å²) in [6, 6.07) is 24.0. The molecule has 0 saturated heterocycles. The van der Waals surface area contributed by atoms with Crippen LogP contribution in [0.5, 0.6) is 0 Å². The lowest BCUT2D eigenvalue weighted by Crippen LogP contribution is -2.31. The molecule has 0 aliphatic rings. The summed E-state index contributed by atoms with van der Waals surface area (Å²) in [7, 11) is 1.92. The fourth-order valence-corrected chi connectivity index (χ4v) is 4.39. The average Bonchev–Trinajstić information content (AvgIpc) is 3.45. The molecule has 2 heterocycles. The number of H-pyrrole nitrogens is 1. The minimum Gasteiger partial charge on any atom is -0.354 e. The number of para-hydroxylation sites is 1. The minimum atomic E-state index is -0.340. The smallest absolute Gasteiger partial charge is 0.221 e. The molecule has 5 rings (SSSR count). The zero-order chi connectivity index (χ0) is 23.5. The number of hydrogen-bond acceptors (Lipinski definition) is 2. The molecule has 1 unspecified atom stereocenters. The van der Waals surface area contributed by atoms with Gasteiger partial charge in [0.25, 0.3) is 0 Å². The van der Waals surface area contributed by atoms with E-state index in [1.807, 2.05) is 72.4 Å². The van der Waals surface area contributed by atoms with Crippen molar-refractivity contribution in [1.29, 1.82) is 0 Å². The van der Waals surface area contributed by atoms with Crippen LogP contribution >= 0.6 is 0 Å². The Morgan fingerprint density at radius 1 is 1.03 bits per heavy atom. The summed E-state index contributed by atoms with van der Waals surface area (Å²) < 4.78 is 15.4. The van der Waals surface area contributed by atoms with Crippen LogP contribution in [-0.4, -0.2) is 20.4 Å². The lowest BCUT2D eigenvalue weighted by atomic mass is 10.0. The lowest BCUT2D eigenvalue weighted by molar-refractivity contribution is -0.121. The number of nitrogens with one attached hydrogen (secondary N) is 2. The number of carbonyl (C=O) groups excluding carboxylic acids is 1. The summed E-state index contributed by atoms with van der Waals surface area (Å²) in [4.78, 5) is 21.1. The van der Waals surface area contributed by atoms with Crippen molar-refractivity contribution in [2.75, 3.05) is 0 Å². The van der Waals surface area contributed by atoms with E-state index in [9.17, 15) is 9.18 Å². The lowest BCUT2D eigenvalue weighted by Gasteiger charge is -2.19. The molecule has 0 bridgehead atoms. The van der Waals surface area contributed by atoms with Crippen LogP contribution in [0.25, 0.3) is 22.2 Å². The van der Waals surface area contributed by atoms with Crippen LogP contribution in [0.4, 0.5) is 4.39 Å². The number of carbonyl (C=O) groups is 1. The van der Waals surface area contributed by atoms with Crippen LogP contribution in [0.3, 0.4) is 0 Å². The molecular weight excluding hydrogens is 427 g/mol. The topological polar surface area (TPSA) is 62.7 Å². The van der Waals surface area contributed by atoms with E-state index in [0.717, 1.165) is 39.1 Å². The van der Waals surface area contributed by atoms with Crippen LogP contribution < -0.4 is 5.32 Å². The number of imidazole rings is 1. The van der Waals surface area contributed by atoms with Gasteiger partial charge in [0.2, 0.25) is 5.91 Å². The zero-order valence-corrected chi connectivity index (χ0v) is 18.8. The van der Waals surface area contributed by atoms with Crippen molar-refractivity contribution in [3.8, 4) is 11.3 Å². The van der Waals surface area contributed by atoms with Gasteiger partial charge in [-0.05, 0) is 53.4 Å². The maximum Gasteiger partial charge on any atom is 0.221 e. The van der Waals surface area contributed by atoms with Gasteiger partial charge in [-0.2, -0.15) is 0 Å². The molecule has 1 amide bonds. The summed E-state index contributed by atoms with van der Waals surface area (Å²) in [5.74, 6) is 0.438. The summed E-state index contributed by atoms with van der Waals surface area (Å²) in [6.45, 7) is 0. The molecule has 0 spiro atoms. The van der Waals surface area contributed by atoms with E-state index in [0.29, 0.717) is 12.8 Å². The second-order valence-electron chi connectivity index (χ2n) is 8.34. The fraction of sp³-hybridized carbons (Fsp3) is 0.143. The Bertz CT molecular complexity index is 1420. The minimum absolute atomic E-state index is 0.0628. The molecule has 6 heteroatoms. The van der Waals surface area contributed by atoms with Gasteiger partial charge in [0, 0.05) is 42.5 Å². The zero-order valence-electron chi connectivity index (χ0n) is 18.8. The van der Waals surface area contributed by atoms with Gasteiger partial charge in [-0.3, -0.25) is 4.79 Å². The van der Waals surface area contributed by atoms with Gasteiger partial charge in [-0.25, -0.2) is 9.37 Å². The summed E-state index contributed by atoms with van der Waals surface area (Å²) in [5, 5.41) is 4.24. The molecule has 5 aromatic rings. The fourth-order valence-electron chi connectivity index (χ4n) is 4.39. The number of amides is 1. The molecule has 2 aromatic heterocycles. The van der Waals surface area contributed by atoms with E-state index in [2.05, 4.69) is 15.3 Å². The van der Waals surface area contributed by atoms with Gasteiger partial charge in [-0.1, -0.05) is 48.5 Å². The second-order valence-corrected chi connectivity index (χ2v) is 8.34. The monoisotopic (exact) mass is 452 g/mol. The average molecular weight is 453 g/mol. The van der Waals surface area contributed by atoms with Gasteiger partial charge in [0.15, 0.2) is 0 Å². The van der Waals surface area contributed by atoms with Crippen LogP contribution in [-0.2, 0) is 18.3 Å². The number of aryl methyl sites for hydroxylation is 2. The number of nitrogens with zero attached hydrogens (tertiary/aromatic N) is 2. The van der Waals surface area contributed by atoms with Gasteiger partial charge in [0.05, 0.1) is 0 Å². The summed E-state index contributed by atoms with van der Waals surface area (Å²) in [5.41, 5.74) is 4.82. The van der Waals surface area contributed by atoms with Crippen LogP contribution in [0.15, 0.2) is 91.3 Å². The van der Waals surface area contributed by atoms with Crippen molar-refractivity contribution < 1.29 is 9.18 Å². The number of halogens is 1. The Morgan fingerprint density at radius 2 is 1.76 bits per heavy atom. The van der Waals surface area contributed by atoms with Crippen LogP contribution in [0, 0.1) is 5.82 Å². The van der Waals surface area contributed by atoms with E-state index in [-0.39, 0.29) is 17.8 Å². The molecule has 0 fully saturated rings. The molecule has 34 heavy (non-hydrogen) atoms. The maximum absolute atomic E-state index is 13.5. The Kier molecular flexibility index (Phi) is 5.95. The molecular formula is C28H25FN4O. The van der Waals surface area contributed by atoms with E-state index in [1.165, 1.54) is 12.1 Å². The van der Waals surface area contributed by atoms with E-state index < -0.39 is 0 Å². The molecule has 5 nitrogen and oxygen atoms in total. The summed E-state index contributed by atoms with van der Waals surface area (Å²) >= 11 is 0. The third-order valence-electron chi connectivity index (χ3n) is 6.10. The standard InChI is InChI=1S/C28H25FN4O/c1-33-18-17-30-28(33)27(19-7-3-2-4-8-19)32-25(34)16-15-23-22-9-5-6-10-24(22)31-26(23)20-11-13-21(29)14-12-20/h2-14,17-18,27,31H,15-16H2,1H3,(H,32,34). The number of fused-ring (bicyclic) bond motifs is 1. The molecule has 0 radical (unpaired) electrons. The van der Waals surface area contributed by atoms with Crippen molar-refractivity contribution in [3.05, 3.63) is 114 Å². The number of aromatic nitrogens is 3. The number of hydrogen-bond donors (Lipinski definition) is 2. The first-order valence-electron chi connectivity index (χ1n) is 11.3. The van der Waals surface area contributed by atoms with Crippen molar-refractivity contribution in [2.45, 2.75) is 18.9 Å². The highest BCUT2D eigenvalue weighted by molar-refractivity contribution is 5.91. The van der Waals surface area contributed by atoms with Gasteiger partial charge in [0.1, 0.15) is 17.7 Å². The molecule has 2 N–H and O–H groups in total. The molecule has 0 aliphatic heterocycles. The van der Waals surface area contributed by atoms with Gasteiger partial charge in [-0.15, -0.1) is 0 Å². The Morgan fingerprint density at radius 3 is 2.50 bits per heavy atom.